The Morgan fingerprint density at radius 3 is 2.00 bits per heavy atom. The lowest BCUT2D eigenvalue weighted by Crippen LogP contribution is -2.51. The van der Waals surface area contributed by atoms with Crippen LogP contribution in [0.3, 0.4) is 0 Å². The standard InChI is InChI=1S/C20H26FN5O9/c21-14-6-4-11(10-24-14)17(30)23-9-8-22-15(27)3-1-2-12(18(31)32)25-20(35)26-13(19(33)34)5-7-16(28)29/h4,6,10,12-13H,1-3,5,7-9H2,(H,22,27)(H,23,30)(H,28,29)(H,31,32)(H,33,34)(H2,25,26,35)/t12-,13-/m0/s1. The molecule has 0 saturated carbocycles. The van der Waals surface area contributed by atoms with E-state index in [-0.39, 0.29) is 37.9 Å². The largest absolute Gasteiger partial charge is 0.481 e. The molecular formula is C20H26FN5O9. The lowest BCUT2D eigenvalue weighted by molar-refractivity contribution is -0.140. The summed E-state index contributed by atoms with van der Waals surface area (Å²) in [7, 11) is 0. The Labute approximate surface area is 198 Å². The molecule has 0 spiro atoms. The molecule has 0 saturated heterocycles. The van der Waals surface area contributed by atoms with Crippen LogP contribution in [0.2, 0.25) is 0 Å². The summed E-state index contributed by atoms with van der Waals surface area (Å²) in [4.78, 5) is 72.0. The van der Waals surface area contributed by atoms with E-state index in [4.69, 9.17) is 10.2 Å². The van der Waals surface area contributed by atoms with Gasteiger partial charge in [-0.05, 0) is 31.4 Å². The summed E-state index contributed by atoms with van der Waals surface area (Å²) < 4.78 is 12.7. The quantitative estimate of drug-likeness (QED) is 0.119. The monoisotopic (exact) mass is 499 g/mol. The van der Waals surface area contributed by atoms with E-state index < -0.39 is 66.6 Å². The molecule has 192 valence electrons. The molecule has 0 fully saturated rings. The number of amides is 4. The van der Waals surface area contributed by atoms with Gasteiger partial charge >= 0.3 is 23.9 Å². The van der Waals surface area contributed by atoms with Gasteiger partial charge in [0, 0.05) is 32.1 Å². The molecule has 35 heavy (non-hydrogen) atoms. The summed E-state index contributed by atoms with van der Waals surface area (Å²) in [6, 6.07) is -1.76. The number of nitrogens with zero attached hydrogens (tertiary/aromatic N) is 1. The van der Waals surface area contributed by atoms with Crippen LogP contribution < -0.4 is 21.3 Å². The maximum absolute atomic E-state index is 12.7. The molecule has 1 aromatic rings. The number of aliphatic carboxylic acids is 3. The molecule has 0 bridgehead atoms. The lowest BCUT2D eigenvalue weighted by atomic mass is 10.1. The van der Waals surface area contributed by atoms with Crippen molar-refractivity contribution < 1.29 is 48.5 Å². The number of nitrogens with one attached hydrogen (secondary N) is 4. The minimum atomic E-state index is -1.52. The van der Waals surface area contributed by atoms with Crippen LogP contribution in [0, 0.1) is 5.95 Å². The molecule has 0 aromatic carbocycles. The number of carboxylic acids is 3. The second kappa shape index (κ2) is 14.8. The second-order valence-electron chi connectivity index (χ2n) is 7.20. The van der Waals surface area contributed by atoms with Crippen LogP contribution in [0.1, 0.15) is 42.5 Å². The maximum atomic E-state index is 12.7. The number of carboxylic acid groups (broad SMARTS) is 3. The molecule has 1 heterocycles. The van der Waals surface area contributed by atoms with E-state index in [1.165, 1.54) is 6.07 Å². The topological polar surface area (TPSA) is 224 Å². The summed E-state index contributed by atoms with van der Waals surface area (Å²) in [5.41, 5.74) is 0.144. The number of halogens is 1. The Kier molecular flexibility index (Phi) is 12.1. The maximum Gasteiger partial charge on any atom is 0.326 e. The third-order valence-corrected chi connectivity index (χ3v) is 4.47. The SMILES string of the molecule is O=C(O)CC[C@H](NC(=O)N[C@@H](CCCC(=O)NCCNC(=O)c1ccc(F)nc1)C(=O)O)C(=O)O. The van der Waals surface area contributed by atoms with Crippen molar-refractivity contribution in [2.24, 2.45) is 0 Å². The molecule has 0 aliphatic heterocycles. The van der Waals surface area contributed by atoms with Gasteiger partial charge in [-0.25, -0.2) is 19.4 Å². The minimum Gasteiger partial charge on any atom is -0.481 e. The van der Waals surface area contributed by atoms with Crippen molar-refractivity contribution in [1.82, 2.24) is 26.3 Å². The zero-order chi connectivity index (χ0) is 26.4. The number of carbonyl (C=O) groups excluding carboxylic acids is 3. The highest BCUT2D eigenvalue weighted by molar-refractivity contribution is 5.93. The normalized spacial score (nSPS) is 12.0. The van der Waals surface area contributed by atoms with Crippen molar-refractivity contribution in [3.05, 3.63) is 29.8 Å². The molecule has 4 amide bonds. The van der Waals surface area contributed by atoms with E-state index in [1.54, 1.807) is 0 Å². The van der Waals surface area contributed by atoms with Crippen molar-refractivity contribution in [3.8, 4) is 0 Å². The van der Waals surface area contributed by atoms with E-state index in [2.05, 4.69) is 20.9 Å². The van der Waals surface area contributed by atoms with Crippen molar-refractivity contribution in [3.63, 3.8) is 0 Å². The van der Waals surface area contributed by atoms with E-state index in [9.17, 15) is 38.3 Å². The fourth-order valence-corrected chi connectivity index (χ4v) is 2.69. The van der Waals surface area contributed by atoms with E-state index in [0.29, 0.717) is 0 Å². The smallest absolute Gasteiger partial charge is 0.326 e. The predicted octanol–water partition coefficient (Wildman–Crippen LogP) is -0.693. The number of hydrogen-bond acceptors (Lipinski definition) is 7. The van der Waals surface area contributed by atoms with Crippen LogP contribution in [0.4, 0.5) is 9.18 Å². The van der Waals surface area contributed by atoms with Gasteiger partial charge < -0.3 is 36.6 Å². The first-order valence-corrected chi connectivity index (χ1v) is 10.4. The molecular weight excluding hydrogens is 473 g/mol. The van der Waals surface area contributed by atoms with E-state index in [1.807, 2.05) is 5.32 Å². The number of rotatable bonds is 15. The lowest BCUT2D eigenvalue weighted by Gasteiger charge is -2.18. The summed E-state index contributed by atoms with van der Waals surface area (Å²) in [5.74, 6) is -5.81. The van der Waals surface area contributed by atoms with Gasteiger partial charge in [-0.2, -0.15) is 4.39 Å². The van der Waals surface area contributed by atoms with Crippen LogP contribution in [0.15, 0.2) is 18.3 Å². The van der Waals surface area contributed by atoms with Crippen molar-refractivity contribution >= 4 is 35.8 Å². The van der Waals surface area contributed by atoms with Gasteiger partial charge in [-0.3, -0.25) is 14.4 Å². The molecule has 0 unspecified atom stereocenters. The van der Waals surface area contributed by atoms with Gasteiger partial charge in [-0.1, -0.05) is 0 Å². The highest BCUT2D eigenvalue weighted by Crippen LogP contribution is 2.03. The molecule has 0 aliphatic carbocycles. The van der Waals surface area contributed by atoms with Crippen molar-refractivity contribution in [1.29, 1.82) is 0 Å². The number of carbonyl (C=O) groups is 6. The van der Waals surface area contributed by atoms with Crippen LogP contribution >= 0.6 is 0 Å². The Morgan fingerprint density at radius 1 is 0.857 bits per heavy atom. The average molecular weight is 499 g/mol. The van der Waals surface area contributed by atoms with Crippen LogP contribution in [-0.2, 0) is 19.2 Å². The molecule has 14 nitrogen and oxygen atoms in total. The van der Waals surface area contributed by atoms with Gasteiger partial charge in [0.1, 0.15) is 12.1 Å². The number of hydrogen-bond donors (Lipinski definition) is 7. The van der Waals surface area contributed by atoms with Crippen molar-refractivity contribution in [2.45, 2.75) is 44.2 Å². The van der Waals surface area contributed by atoms with Crippen molar-refractivity contribution in [2.75, 3.05) is 13.1 Å². The van der Waals surface area contributed by atoms with E-state index >= 15 is 0 Å². The highest BCUT2D eigenvalue weighted by atomic mass is 19.1. The fourth-order valence-electron chi connectivity index (χ4n) is 2.69. The third-order valence-electron chi connectivity index (χ3n) is 4.47. The Balaban J connectivity index is 2.34. The van der Waals surface area contributed by atoms with Gasteiger partial charge in [0.2, 0.25) is 11.9 Å². The number of urea groups is 1. The summed E-state index contributed by atoms with van der Waals surface area (Å²) in [5, 5.41) is 36.0. The fraction of sp³-hybridized carbons (Fsp3) is 0.450. The molecule has 0 aliphatic rings. The summed E-state index contributed by atoms with van der Waals surface area (Å²) in [6.07, 6.45) is 0.00203. The first-order valence-electron chi connectivity index (χ1n) is 10.4. The molecule has 2 atom stereocenters. The van der Waals surface area contributed by atoms with Crippen LogP contribution in [0.5, 0.6) is 0 Å². The second-order valence-corrected chi connectivity index (χ2v) is 7.20. The first-order chi connectivity index (χ1) is 16.5. The zero-order valence-corrected chi connectivity index (χ0v) is 18.5. The van der Waals surface area contributed by atoms with Gasteiger partial charge in [0.15, 0.2) is 0 Å². The molecule has 0 radical (unpaired) electrons. The zero-order valence-electron chi connectivity index (χ0n) is 18.5. The average Bonchev–Trinajstić information content (AvgIpc) is 2.78. The van der Waals surface area contributed by atoms with E-state index in [0.717, 1.165) is 12.3 Å². The Hall–Kier alpha value is -4.30. The molecule has 7 N–H and O–H groups in total. The Bertz CT molecular complexity index is 926. The minimum absolute atomic E-state index is 0.0675. The highest BCUT2D eigenvalue weighted by Gasteiger charge is 2.25. The third kappa shape index (κ3) is 11.9. The summed E-state index contributed by atoms with van der Waals surface area (Å²) >= 11 is 0. The molecule has 1 aromatic heterocycles. The van der Waals surface area contributed by atoms with Gasteiger partial charge in [-0.15, -0.1) is 0 Å². The number of pyridine rings is 1. The Morgan fingerprint density at radius 2 is 1.46 bits per heavy atom. The first kappa shape index (κ1) is 28.7. The van der Waals surface area contributed by atoms with Crippen LogP contribution in [-0.4, -0.2) is 81.2 Å². The molecule has 15 heteroatoms. The molecule has 1 rings (SSSR count). The number of aromatic nitrogens is 1. The predicted molar refractivity (Wildman–Crippen MR) is 115 cm³/mol. The van der Waals surface area contributed by atoms with Crippen LogP contribution in [0.25, 0.3) is 0 Å². The van der Waals surface area contributed by atoms with Gasteiger partial charge in [0.25, 0.3) is 5.91 Å². The van der Waals surface area contributed by atoms with Gasteiger partial charge in [0.05, 0.1) is 5.56 Å². The summed E-state index contributed by atoms with van der Waals surface area (Å²) in [6.45, 7) is 0.156.